The lowest BCUT2D eigenvalue weighted by molar-refractivity contribution is -0.126. The van der Waals surface area contributed by atoms with Gasteiger partial charge in [-0.1, -0.05) is 13.8 Å². The van der Waals surface area contributed by atoms with Crippen molar-refractivity contribution in [2.45, 2.75) is 45.6 Å². The van der Waals surface area contributed by atoms with Gasteiger partial charge in [0, 0.05) is 12.6 Å². The predicted octanol–water partition coefficient (Wildman–Crippen LogP) is 1.72. The second-order valence-corrected chi connectivity index (χ2v) is 4.24. The second-order valence-electron chi connectivity index (χ2n) is 4.24. The molecular weight excluding hydrogens is 178 g/mol. The maximum absolute atomic E-state index is 11.3. The standard InChI is InChI=1S/C11H21NO2/c1-3-6-14-8-11(13)12-10-5-4-9(2)7-10/h9-10H,3-8H2,1-2H3,(H,12,13). The summed E-state index contributed by atoms with van der Waals surface area (Å²) < 4.78 is 5.17. The van der Waals surface area contributed by atoms with Gasteiger partial charge in [0.2, 0.25) is 5.91 Å². The first-order valence-corrected chi connectivity index (χ1v) is 5.59. The van der Waals surface area contributed by atoms with Gasteiger partial charge in [-0.15, -0.1) is 0 Å². The van der Waals surface area contributed by atoms with Gasteiger partial charge < -0.3 is 10.1 Å². The third kappa shape index (κ3) is 4.09. The van der Waals surface area contributed by atoms with Gasteiger partial charge in [-0.05, 0) is 31.6 Å². The van der Waals surface area contributed by atoms with Crippen LogP contribution in [0.4, 0.5) is 0 Å². The van der Waals surface area contributed by atoms with Gasteiger partial charge in [0.05, 0.1) is 0 Å². The quantitative estimate of drug-likeness (QED) is 0.685. The molecule has 0 bridgehead atoms. The molecule has 0 aromatic carbocycles. The molecule has 2 atom stereocenters. The van der Waals surface area contributed by atoms with Crippen molar-refractivity contribution in [2.75, 3.05) is 13.2 Å². The van der Waals surface area contributed by atoms with Gasteiger partial charge in [-0.2, -0.15) is 0 Å². The van der Waals surface area contributed by atoms with Crippen molar-refractivity contribution in [2.24, 2.45) is 5.92 Å². The molecular formula is C11H21NO2. The highest BCUT2D eigenvalue weighted by atomic mass is 16.5. The summed E-state index contributed by atoms with van der Waals surface area (Å²) >= 11 is 0. The highest BCUT2D eigenvalue weighted by Crippen LogP contribution is 2.24. The fourth-order valence-electron chi connectivity index (χ4n) is 1.92. The van der Waals surface area contributed by atoms with E-state index in [9.17, 15) is 4.79 Å². The number of hydrogen-bond acceptors (Lipinski definition) is 2. The Morgan fingerprint density at radius 3 is 2.86 bits per heavy atom. The van der Waals surface area contributed by atoms with Crippen molar-refractivity contribution in [1.82, 2.24) is 5.32 Å². The van der Waals surface area contributed by atoms with Crippen LogP contribution < -0.4 is 5.32 Å². The lowest BCUT2D eigenvalue weighted by Crippen LogP contribution is -2.35. The van der Waals surface area contributed by atoms with E-state index in [-0.39, 0.29) is 12.5 Å². The summed E-state index contributed by atoms with van der Waals surface area (Å²) in [4.78, 5) is 11.3. The van der Waals surface area contributed by atoms with Crippen molar-refractivity contribution >= 4 is 5.91 Å². The number of carbonyl (C=O) groups is 1. The molecule has 0 aliphatic heterocycles. The number of nitrogens with one attached hydrogen (secondary N) is 1. The molecule has 0 aromatic heterocycles. The molecule has 1 rings (SSSR count). The van der Waals surface area contributed by atoms with Crippen LogP contribution in [0.25, 0.3) is 0 Å². The van der Waals surface area contributed by atoms with Crippen LogP contribution in [0.15, 0.2) is 0 Å². The molecule has 3 nitrogen and oxygen atoms in total. The van der Waals surface area contributed by atoms with Crippen LogP contribution in [0, 0.1) is 5.92 Å². The van der Waals surface area contributed by atoms with Gasteiger partial charge in [0.25, 0.3) is 0 Å². The summed E-state index contributed by atoms with van der Waals surface area (Å²) in [6.07, 6.45) is 4.45. The number of carbonyl (C=O) groups excluding carboxylic acids is 1. The highest BCUT2D eigenvalue weighted by Gasteiger charge is 2.22. The second kappa shape index (κ2) is 6.02. The summed E-state index contributed by atoms with van der Waals surface area (Å²) in [5.41, 5.74) is 0. The molecule has 1 N–H and O–H groups in total. The van der Waals surface area contributed by atoms with Gasteiger partial charge in [-0.3, -0.25) is 4.79 Å². The van der Waals surface area contributed by atoms with E-state index in [1.165, 1.54) is 6.42 Å². The number of hydrogen-bond donors (Lipinski definition) is 1. The van der Waals surface area contributed by atoms with E-state index in [4.69, 9.17) is 4.74 Å². The molecule has 1 aliphatic carbocycles. The first-order chi connectivity index (χ1) is 6.72. The number of ether oxygens (including phenoxy) is 1. The minimum atomic E-state index is 0.0394. The first kappa shape index (κ1) is 11.5. The van der Waals surface area contributed by atoms with Crippen molar-refractivity contribution < 1.29 is 9.53 Å². The zero-order valence-electron chi connectivity index (χ0n) is 9.21. The van der Waals surface area contributed by atoms with E-state index in [1.807, 2.05) is 6.92 Å². The Kier molecular flexibility index (Phi) is 4.94. The molecule has 1 saturated carbocycles. The van der Waals surface area contributed by atoms with Crippen molar-refractivity contribution in [3.8, 4) is 0 Å². The minimum Gasteiger partial charge on any atom is -0.372 e. The number of amides is 1. The summed E-state index contributed by atoms with van der Waals surface area (Å²) in [6.45, 7) is 5.17. The van der Waals surface area contributed by atoms with Crippen LogP contribution in [0.5, 0.6) is 0 Å². The predicted molar refractivity (Wildman–Crippen MR) is 56.1 cm³/mol. The molecule has 2 unspecified atom stereocenters. The molecule has 3 heteroatoms. The Hall–Kier alpha value is -0.570. The Balaban J connectivity index is 2.08. The fourth-order valence-corrected chi connectivity index (χ4v) is 1.92. The highest BCUT2D eigenvalue weighted by molar-refractivity contribution is 5.77. The topological polar surface area (TPSA) is 38.3 Å². The molecule has 1 aliphatic rings. The maximum atomic E-state index is 11.3. The van der Waals surface area contributed by atoms with E-state index in [2.05, 4.69) is 12.2 Å². The average molecular weight is 199 g/mol. The molecule has 0 aromatic rings. The van der Waals surface area contributed by atoms with Gasteiger partial charge in [0.15, 0.2) is 0 Å². The monoisotopic (exact) mass is 199 g/mol. The summed E-state index contributed by atoms with van der Waals surface area (Å²) in [5, 5.41) is 3.00. The van der Waals surface area contributed by atoms with Crippen LogP contribution in [0.1, 0.15) is 39.5 Å². The fraction of sp³-hybridized carbons (Fsp3) is 0.909. The molecule has 0 spiro atoms. The summed E-state index contributed by atoms with van der Waals surface area (Å²) in [6, 6.07) is 0.391. The first-order valence-electron chi connectivity index (χ1n) is 5.59. The molecule has 14 heavy (non-hydrogen) atoms. The average Bonchev–Trinajstić information content (AvgIpc) is 2.52. The van der Waals surface area contributed by atoms with E-state index in [1.54, 1.807) is 0 Å². The zero-order chi connectivity index (χ0) is 10.4. The number of rotatable bonds is 5. The van der Waals surface area contributed by atoms with Crippen LogP contribution in [-0.4, -0.2) is 25.2 Å². The molecule has 0 heterocycles. The van der Waals surface area contributed by atoms with E-state index >= 15 is 0 Å². The molecule has 1 fully saturated rings. The lowest BCUT2D eigenvalue weighted by Gasteiger charge is -2.12. The summed E-state index contributed by atoms with van der Waals surface area (Å²) in [5.74, 6) is 0.800. The zero-order valence-corrected chi connectivity index (χ0v) is 9.21. The van der Waals surface area contributed by atoms with Crippen LogP contribution in [0.2, 0.25) is 0 Å². The normalized spacial score (nSPS) is 26.4. The third-order valence-corrected chi connectivity index (χ3v) is 2.64. The summed E-state index contributed by atoms with van der Waals surface area (Å²) in [7, 11) is 0. The maximum Gasteiger partial charge on any atom is 0.246 e. The van der Waals surface area contributed by atoms with E-state index in [0.29, 0.717) is 12.6 Å². The van der Waals surface area contributed by atoms with Crippen LogP contribution in [-0.2, 0) is 9.53 Å². The third-order valence-electron chi connectivity index (χ3n) is 2.64. The molecule has 0 saturated heterocycles. The van der Waals surface area contributed by atoms with Crippen molar-refractivity contribution in [3.63, 3.8) is 0 Å². The molecule has 0 radical (unpaired) electrons. The van der Waals surface area contributed by atoms with Crippen molar-refractivity contribution in [3.05, 3.63) is 0 Å². The van der Waals surface area contributed by atoms with Crippen molar-refractivity contribution in [1.29, 1.82) is 0 Å². The van der Waals surface area contributed by atoms with E-state index in [0.717, 1.165) is 25.2 Å². The van der Waals surface area contributed by atoms with Gasteiger partial charge in [0.1, 0.15) is 6.61 Å². The SMILES string of the molecule is CCCOCC(=O)NC1CCC(C)C1. The minimum absolute atomic E-state index is 0.0394. The van der Waals surface area contributed by atoms with Gasteiger partial charge >= 0.3 is 0 Å². The Morgan fingerprint density at radius 1 is 1.50 bits per heavy atom. The molecule has 82 valence electrons. The Labute approximate surface area is 86.2 Å². The largest absolute Gasteiger partial charge is 0.372 e. The van der Waals surface area contributed by atoms with Crippen LogP contribution >= 0.6 is 0 Å². The van der Waals surface area contributed by atoms with Gasteiger partial charge in [-0.25, -0.2) is 0 Å². The lowest BCUT2D eigenvalue weighted by atomic mass is 10.1. The molecule has 1 amide bonds. The van der Waals surface area contributed by atoms with E-state index < -0.39 is 0 Å². The van der Waals surface area contributed by atoms with Crippen LogP contribution in [0.3, 0.4) is 0 Å². The smallest absolute Gasteiger partial charge is 0.246 e. The Bertz CT molecular complexity index is 182. The Morgan fingerprint density at radius 2 is 2.29 bits per heavy atom.